The minimum atomic E-state index is -0.831. The average molecular weight is 263 g/mol. The van der Waals surface area contributed by atoms with E-state index in [9.17, 15) is 13.9 Å². The molecule has 1 aliphatic carbocycles. The van der Waals surface area contributed by atoms with E-state index in [2.05, 4.69) is 0 Å². The van der Waals surface area contributed by atoms with Crippen LogP contribution in [0.15, 0.2) is 36.7 Å². The van der Waals surface area contributed by atoms with Crippen molar-refractivity contribution >= 4 is 0 Å². The second-order valence-corrected chi connectivity index (χ2v) is 5.11. The Labute approximate surface area is 110 Å². The number of hydrogen-bond acceptors (Lipinski definition) is 1. The fraction of sp³-hybridized carbons (Fsp3) is 0.333. The highest BCUT2D eigenvalue weighted by atomic mass is 19.2. The molecule has 19 heavy (non-hydrogen) atoms. The summed E-state index contributed by atoms with van der Waals surface area (Å²) in [4.78, 5) is 0. The molecule has 3 rings (SSSR count). The molecule has 0 saturated heterocycles. The molecule has 1 saturated carbocycles. The summed E-state index contributed by atoms with van der Waals surface area (Å²) in [7, 11) is 0. The number of hydrogen-bond donors (Lipinski definition) is 1. The first kappa shape index (κ1) is 12.4. The van der Waals surface area contributed by atoms with Crippen LogP contribution in [0.3, 0.4) is 0 Å². The summed E-state index contributed by atoms with van der Waals surface area (Å²) < 4.78 is 28.4. The van der Waals surface area contributed by atoms with Crippen LogP contribution < -0.4 is 0 Å². The van der Waals surface area contributed by atoms with Crippen molar-refractivity contribution in [2.45, 2.75) is 25.5 Å². The zero-order valence-electron chi connectivity index (χ0n) is 10.4. The van der Waals surface area contributed by atoms with Gasteiger partial charge in [0.2, 0.25) is 0 Å². The number of nitrogens with zero attached hydrogens (tertiary/aromatic N) is 1. The topological polar surface area (TPSA) is 25.2 Å². The number of aromatic nitrogens is 1. The first-order valence-corrected chi connectivity index (χ1v) is 6.42. The number of rotatable bonds is 4. The predicted molar refractivity (Wildman–Crippen MR) is 67.6 cm³/mol. The van der Waals surface area contributed by atoms with Gasteiger partial charge in [0.15, 0.2) is 11.6 Å². The van der Waals surface area contributed by atoms with Gasteiger partial charge in [-0.1, -0.05) is 12.1 Å². The molecular formula is C15H15F2NO. The van der Waals surface area contributed by atoms with Crippen molar-refractivity contribution in [3.63, 3.8) is 0 Å². The monoisotopic (exact) mass is 263 g/mol. The van der Waals surface area contributed by atoms with Crippen LogP contribution >= 0.6 is 0 Å². The van der Waals surface area contributed by atoms with E-state index in [4.69, 9.17) is 0 Å². The van der Waals surface area contributed by atoms with E-state index < -0.39 is 17.7 Å². The highest BCUT2D eigenvalue weighted by Gasteiger charge is 2.31. The van der Waals surface area contributed by atoms with Crippen molar-refractivity contribution in [2.24, 2.45) is 5.92 Å². The smallest absolute Gasteiger partial charge is 0.163 e. The van der Waals surface area contributed by atoms with Gasteiger partial charge in [-0.25, -0.2) is 8.78 Å². The summed E-state index contributed by atoms with van der Waals surface area (Å²) in [5, 5.41) is 9.99. The van der Waals surface area contributed by atoms with E-state index >= 15 is 0 Å². The van der Waals surface area contributed by atoms with Crippen molar-refractivity contribution in [3.05, 3.63) is 59.4 Å². The van der Waals surface area contributed by atoms with Gasteiger partial charge in [-0.05, 0) is 36.5 Å². The number of benzene rings is 1. The zero-order valence-corrected chi connectivity index (χ0v) is 10.4. The molecule has 2 nitrogen and oxygen atoms in total. The Kier molecular flexibility index (Phi) is 3.11. The van der Waals surface area contributed by atoms with Crippen molar-refractivity contribution in [1.29, 1.82) is 0 Å². The lowest BCUT2D eigenvalue weighted by Crippen LogP contribution is -2.02. The first-order chi connectivity index (χ1) is 9.15. The Morgan fingerprint density at radius 2 is 2.05 bits per heavy atom. The van der Waals surface area contributed by atoms with E-state index in [1.54, 1.807) is 23.0 Å². The first-order valence-electron chi connectivity index (χ1n) is 6.42. The normalized spacial score (nSPS) is 16.6. The molecule has 4 heteroatoms. The van der Waals surface area contributed by atoms with Crippen LogP contribution in [0.5, 0.6) is 0 Å². The van der Waals surface area contributed by atoms with Crippen LogP contribution in [0.25, 0.3) is 0 Å². The Morgan fingerprint density at radius 3 is 2.79 bits per heavy atom. The van der Waals surface area contributed by atoms with Gasteiger partial charge in [0.05, 0.1) is 6.10 Å². The number of aliphatic hydroxyl groups is 1. The maximum atomic E-state index is 13.6. The molecule has 1 heterocycles. The van der Waals surface area contributed by atoms with Crippen LogP contribution in [0, 0.1) is 17.6 Å². The molecule has 0 radical (unpaired) electrons. The third-order valence-electron chi connectivity index (χ3n) is 3.57. The molecule has 100 valence electrons. The maximum absolute atomic E-state index is 13.6. The second-order valence-electron chi connectivity index (χ2n) is 5.11. The molecular weight excluding hydrogens is 248 g/mol. The predicted octanol–water partition coefficient (Wildman–Crippen LogP) is 3.26. The van der Waals surface area contributed by atoms with Crippen molar-refractivity contribution in [2.75, 3.05) is 0 Å². The molecule has 1 aromatic heterocycles. The largest absolute Gasteiger partial charge is 0.388 e. The number of halogens is 2. The van der Waals surface area contributed by atoms with Gasteiger partial charge in [0, 0.05) is 24.5 Å². The minimum Gasteiger partial charge on any atom is -0.388 e. The van der Waals surface area contributed by atoms with Crippen LogP contribution in [-0.2, 0) is 6.54 Å². The minimum absolute atomic E-state index is 0.265. The molecule has 1 aliphatic rings. The Balaban J connectivity index is 1.78. The zero-order chi connectivity index (χ0) is 13.4. The van der Waals surface area contributed by atoms with Gasteiger partial charge in [-0.2, -0.15) is 0 Å². The summed E-state index contributed by atoms with van der Waals surface area (Å²) in [5.74, 6) is -1.27. The molecule has 0 bridgehead atoms. The lowest BCUT2D eigenvalue weighted by atomic mass is 10.1. The third-order valence-corrected chi connectivity index (χ3v) is 3.57. The molecule has 1 unspecified atom stereocenters. The van der Waals surface area contributed by atoms with Crippen LogP contribution in [0.2, 0.25) is 0 Å². The molecule has 1 aromatic carbocycles. The Morgan fingerprint density at radius 1 is 1.26 bits per heavy atom. The summed E-state index contributed by atoms with van der Waals surface area (Å²) in [6.07, 6.45) is 5.27. The van der Waals surface area contributed by atoms with Gasteiger partial charge in [0.1, 0.15) is 0 Å². The van der Waals surface area contributed by atoms with Gasteiger partial charge in [0.25, 0.3) is 0 Å². The van der Waals surface area contributed by atoms with E-state index in [1.165, 1.54) is 6.07 Å². The van der Waals surface area contributed by atoms with Crippen LogP contribution in [-0.4, -0.2) is 9.67 Å². The Hall–Kier alpha value is -1.68. The summed E-state index contributed by atoms with van der Waals surface area (Å²) >= 11 is 0. The van der Waals surface area contributed by atoms with Crippen molar-refractivity contribution < 1.29 is 13.9 Å². The highest BCUT2D eigenvalue weighted by Crippen LogP contribution is 2.40. The summed E-state index contributed by atoms with van der Waals surface area (Å²) in [6.45, 7) is 0.265. The Bertz CT molecular complexity index is 590. The fourth-order valence-corrected chi connectivity index (χ4v) is 2.28. The van der Waals surface area contributed by atoms with Gasteiger partial charge in [-0.3, -0.25) is 0 Å². The van der Waals surface area contributed by atoms with Gasteiger partial charge in [-0.15, -0.1) is 0 Å². The lowest BCUT2D eigenvalue weighted by Gasteiger charge is -2.07. The quantitative estimate of drug-likeness (QED) is 0.900. The molecule has 2 aromatic rings. The van der Waals surface area contributed by atoms with Crippen molar-refractivity contribution in [1.82, 2.24) is 4.57 Å². The molecule has 1 N–H and O–H groups in total. The molecule has 1 atom stereocenters. The van der Waals surface area contributed by atoms with Gasteiger partial charge < -0.3 is 9.67 Å². The molecule has 1 fully saturated rings. The summed E-state index contributed by atoms with van der Waals surface area (Å²) in [5.41, 5.74) is 1.15. The second kappa shape index (κ2) is 4.78. The van der Waals surface area contributed by atoms with Crippen LogP contribution in [0.4, 0.5) is 8.78 Å². The van der Waals surface area contributed by atoms with Gasteiger partial charge >= 0.3 is 0 Å². The summed E-state index contributed by atoms with van der Waals surface area (Å²) in [6, 6.07) is 6.00. The van der Waals surface area contributed by atoms with E-state index in [0.29, 0.717) is 11.5 Å². The van der Waals surface area contributed by atoms with E-state index in [1.807, 2.05) is 6.07 Å². The standard InChI is InChI=1S/C15H15F2NO/c16-13-3-1-2-11(14(13)17)8-18-7-6-12(9-18)15(19)10-4-5-10/h1-3,6-7,9-10,15,19H,4-5,8H2. The molecule has 0 spiro atoms. The van der Waals surface area contributed by atoms with Crippen LogP contribution in [0.1, 0.15) is 30.1 Å². The maximum Gasteiger partial charge on any atom is 0.163 e. The highest BCUT2D eigenvalue weighted by molar-refractivity contribution is 5.22. The molecule has 0 aliphatic heterocycles. The third kappa shape index (κ3) is 2.54. The van der Waals surface area contributed by atoms with E-state index in [0.717, 1.165) is 24.5 Å². The molecule has 0 amide bonds. The lowest BCUT2D eigenvalue weighted by molar-refractivity contribution is 0.154. The SMILES string of the molecule is OC(c1ccn(Cc2cccc(F)c2F)c1)C1CC1. The average Bonchev–Trinajstić information content (AvgIpc) is 3.14. The fourth-order valence-electron chi connectivity index (χ4n) is 2.28. The van der Waals surface area contributed by atoms with Crippen molar-refractivity contribution in [3.8, 4) is 0 Å². The van der Waals surface area contributed by atoms with E-state index in [-0.39, 0.29) is 6.54 Å². The number of aliphatic hydroxyl groups excluding tert-OH is 1.